The van der Waals surface area contributed by atoms with Gasteiger partial charge in [-0.05, 0) is 20.8 Å². The van der Waals surface area contributed by atoms with Crippen molar-refractivity contribution < 1.29 is 19.4 Å². The van der Waals surface area contributed by atoms with Gasteiger partial charge in [-0.15, -0.1) is 0 Å². The van der Waals surface area contributed by atoms with Gasteiger partial charge in [-0.1, -0.05) is 6.92 Å². The molecule has 0 fully saturated rings. The van der Waals surface area contributed by atoms with E-state index >= 15 is 0 Å². The van der Waals surface area contributed by atoms with Gasteiger partial charge in [0.05, 0.1) is 12.5 Å². The van der Waals surface area contributed by atoms with Gasteiger partial charge in [0.1, 0.15) is 5.78 Å². The third-order valence-electron chi connectivity index (χ3n) is 2.14. The molecule has 1 N–H and O–H groups in total. The van der Waals surface area contributed by atoms with Crippen LogP contribution in [-0.2, 0) is 14.3 Å². The zero-order valence-electron chi connectivity index (χ0n) is 8.46. The number of ketones is 1. The SMILES string of the molecule is CCOC(=O)C(C)(O)C(C)C(C)=O. The van der Waals surface area contributed by atoms with Crippen LogP contribution in [0.25, 0.3) is 0 Å². The number of rotatable bonds is 4. The average molecular weight is 188 g/mol. The molecule has 0 aliphatic rings. The molecule has 0 saturated heterocycles. The van der Waals surface area contributed by atoms with Crippen LogP contribution in [0.5, 0.6) is 0 Å². The maximum absolute atomic E-state index is 11.2. The van der Waals surface area contributed by atoms with Crippen molar-refractivity contribution >= 4 is 11.8 Å². The Balaban J connectivity index is 4.54. The number of hydrogen-bond acceptors (Lipinski definition) is 4. The van der Waals surface area contributed by atoms with Crippen molar-refractivity contribution in [3.8, 4) is 0 Å². The lowest BCUT2D eigenvalue weighted by Crippen LogP contribution is -2.45. The van der Waals surface area contributed by atoms with Gasteiger partial charge in [-0.3, -0.25) is 4.79 Å². The van der Waals surface area contributed by atoms with Crippen molar-refractivity contribution in [1.82, 2.24) is 0 Å². The van der Waals surface area contributed by atoms with Crippen LogP contribution < -0.4 is 0 Å². The van der Waals surface area contributed by atoms with Gasteiger partial charge >= 0.3 is 5.97 Å². The van der Waals surface area contributed by atoms with Crippen molar-refractivity contribution in [2.75, 3.05) is 6.61 Å². The van der Waals surface area contributed by atoms with Gasteiger partial charge in [0.2, 0.25) is 0 Å². The van der Waals surface area contributed by atoms with Crippen molar-refractivity contribution in [1.29, 1.82) is 0 Å². The van der Waals surface area contributed by atoms with Crippen LogP contribution in [0.1, 0.15) is 27.7 Å². The third kappa shape index (κ3) is 2.81. The molecule has 0 aliphatic heterocycles. The summed E-state index contributed by atoms with van der Waals surface area (Å²) in [4.78, 5) is 22.1. The molecule has 0 aromatic heterocycles. The van der Waals surface area contributed by atoms with Crippen LogP contribution in [0, 0.1) is 5.92 Å². The molecule has 0 rings (SSSR count). The molecule has 0 spiro atoms. The number of esters is 1. The van der Waals surface area contributed by atoms with Crippen molar-refractivity contribution in [2.24, 2.45) is 5.92 Å². The number of ether oxygens (including phenoxy) is 1. The molecule has 0 bridgehead atoms. The second-order valence-electron chi connectivity index (χ2n) is 3.20. The second kappa shape index (κ2) is 4.37. The number of carbonyl (C=O) groups is 2. The topological polar surface area (TPSA) is 63.6 Å². The Labute approximate surface area is 77.9 Å². The van der Waals surface area contributed by atoms with Gasteiger partial charge in [0.25, 0.3) is 0 Å². The predicted molar refractivity (Wildman–Crippen MR) is 47.1 cm³/mol. The summed E-state index contributed by atoms with van der Waals surface area (Å²) in [5.41, 5.74) is -1.72. The summed E-state index contributed by atoms with van der Waals surface area (Å²) in [5.74, 6) is -1.73. The number of aliphatic hydroxyl groups is 1. The van der Waals surface area contributed by atoms with Gasteiger partial charge in [-0.2, -0.15) is 0 Å². The quantitative estimate of drug-likeness (QED) is 0.653. The van der Waals surface area contributed by atoms with E-state index in [-0.39, 0.29) is 12.4 Å². The molecule has 0 aromatic rings. The maximum atomic E-state index is 11.2. The molecule has 2 unspecified atom stereocenters. The third-order valence-corrected chi connectivity index (χ3v) is 2.14. The monoisotopic (exact) mass is 188 g/mol. The van der Waals surface area contributed by atoms with Crippen molar-refractivity contribution in [3.05, 3.63) is 0 Å². The van der Waals surface area contributed by atoms with E-state index < -0.39 is 17.5 Å². The van der Waals surface area contributed by atoms with Gasteiger partial charge in [0.15, 0.2) is 5.60 Å². The van der Waals surface area contributed by atoms with E-state index in [9.17, 15) is 14.7 Å². The fourth-order valence-corrected chi connectivity index (χ4v) is 0.850. The largest absolute Gasteiger partial charge is 0.464 e. The first-order chi connectivity index (χ1) is 5.84. The lowest BCUT2D eigenvalue weighted by molar-refractivity contribution is -0.170. The zero-order chi connectivity index (χ0) is 10.6. The summed E-state index contributed by atoms with van der Waals surface area (Å²) >= 11 is 0. The van der Waals surface area contributed by atoms with Crippen LogP contribution in [-0.4, -0.2) is 29.1 Å². The Morgan fingerprint density at radius 1 is 1.54 bits per heavy atom. The molecule has 0 aliphatic carbocycles. The smallest absolute Gasteiger partial charge is 0.338 e. The summed E-state index contributed by atoms with van der Waals surface area (Å²) in [6, 6.07) is 0. The minimum atomic E-state index is -1.72. The maximum Gasteiger partial charge on any atom is 0.338 e. The Morgan fingerprint density at radius 2 is 2.00 bits per heavy atom. The Bertz CT molecular complexity index is 208. The van der Waals surface area contributed by atoms with E-state index in [1.165, 1.54) is 20.8 Å². The summed E-state index contributed by atoms with van der Waals surface area (Å²) in [7, 11) is 0. The molecular weight excluding hydrogens is 172 g/mol. The number of Topliss-reactive ketones (excluding diaryl/α,β-unsaturated/α-hetero) is 1. The van der Waals surface area contributed by atoms with E-state index in [0.29, 0.717) is 0 Å². The van der Waals surface area contributed by atoms with Crippen LogP contribution in [0.4, 0.5) is 0 Å². The van der Waals surface area contributed by atoms with Crippen LogP contribution >= 0.6 is 0 Å². The molecule has 4 heteroatoms. The standard InChI is InChI=1S/C9H16O4/c1-5-13-8(11)9(4,12)6(2)7(3)10/h6,12H,5H2,1-4H3. The number of carbonyl (C=O) groups excluding carboxylic acids is 2. The van der Waals surface area contributed by atoms with E-state index in [4.69, 9.17) is 0 Å². The minimum Gasteiger partial charge on any atom is -0.464 e. The lowest BCUT2D eigenvalue weighted by atomic mass is 9.88. The Kier molecular flexibility index (Phi) is 4.07. The highest BCUT2D eigenvalue weighted by Crippen LogP contribution is 2.19. The first kappa shape index (κ1) is 12.1. The van der Waals surface area contributed by atoms with E-state index in [2.05, 4.69) is 4.74 Å². The molecule has 13 heavy (non-hydrogen) atoms. The van der Waals surface area contributed by atoms with Gasteiger partial charge < -0.3 is 9.84 Å². The highest BCUT2D eigenvalue weighted by atomic mass is 16.5. The molecule has 0 saturated carbocycles. The van der Waals surface area contributed by atoms with Crippen LogP contribution in [0.3, 0.4) is 0 Å². The first-order valence-electron chi connectivity index (χ1n) is 4.24. The summed E-state index contributed by atoms with van der Waals surface area (Å²) in [6.07, 6.45) is 0. The molecule has 0 amide bonds. The fourth-order valence-electron chi connectivity index (χ4n) is 0.850. The molecule has 2 atom stereocenters. The highest BCUT2D eigenvalue weighted by Gasteiger charge is 2.40. The van der Waals surface area contributed by atoms with E-state index in [1.54, 1.807) is 6.92 Å². The van der Waals surface area contributed by atoms with Crippen molar-refractivity contribution in [3.63, 3.8) is 0 Å². The molecule has 0 radical (unpaired) electrons. The fraction of sp³-hybridized carbons (Fsp3) is 0.778. The van der Waals surface area contributed by atoms with Crippen molar-refractivity contribution in [2.45, 2.75) is 33.3 Å². The molecule has 4 nitrogen and oxygen atoms in total. The predicted octanol–water partition coefficient (Wildman–Crippen LogP) is 0.526. The first-order valence-corrected chi connectivity index (χ1v) is 4.24. The van der Waals surface area contributed by atoms with Gasteiger partial charge in [0, 0.05) is 0 Å². The second-order valence-corrected chi connectivity index (χ2v) is 3.20. The summed E-state index contributed by atoms with van der Waals surface area (Å²) in [5, 5.41) is 9.66. The molecule has 0 aromatic carbocycles. The van der Waals surface area contributed by atoms with Crippen LogP contribution in [0.15, 0.2) is 0 Å². The van der Waals surface area contributed by atoms with Crippen LogP contribution in [0.2, 0.25) is 0 Å². The number of hydrogen-bond donors (Lipinski definition) is 1. The Hall–Kier alpha value is -0.900. The van der Waals surface area contributed by atoms with E-state index in [1.807, 2.05) is 0 Å². The zero-order valence-corrected chi connectivity index (χ0v) is 8.46. The highest BCUT2D eigenvalue weighted by molar-refractivity contribution is 5.89. The summed E-state index contributed by atoms with van der Waals surface area (Å²) < 4.78 is 4.64. The van der Waals surface area contributed by atoms with Gasteiger partial charge in [-0.25, -0.2) is 4.79 Å². The summed E-state index contributed by atoms with van der Waals surface area (Å²) in [6.45, 7) is 5.96. The molecular formula is C9H16O4. The van der Waals surface area contributed by atoms with E-state index in [0.717, 1.165) is 0 Å². The Morgan fingerprint density at radius 3 is 2.31 bits per heavy atom. The molecule has 0 heterocycles. The lowest BCUT2D eigenvalue weighted by Gasteiger charge is -2.25. The minimum absolute atomic E-state index is 0.194. The normalized spacial score (nSPS) is 17.3. The average Bonchev–Trinajstić information content (AvgIpc) is 2.03. The molecule has 76 valence electrons.